The molecule has 0 aromatic heterocycles. The highest BCUT2D eigenvalue weighted by Gasteiger charge is 2.40. The number of halogens is 1. The van der Waals surface area contributed by atoms with Gasteiger partial charge in [0.15, 0.2) is 0 Å². The van der Waals surface area contributed by atoms with Crippen molar-refractivity contribution < 1.29 is 13.2 Å². The summed E-state index contributed by atoms with van der Waals surface area (Å²) < 4.78 is 24.8. The van der Waals surface area contributed by atoms with Gasteiger partial charge >= 0.3 is 0 Å². The van der Waals surface area contributed by atoms with Gasteiger partial charge in [0.2, 0.25) is 0 Å². The molecule has 2 N–H and O–H groups in total. The predicted octanol–water partition coefficient (Wildman–Crippen LogP) is 1.17. The van der Waals surface area contributed by atoms with Crippen molar-refractivity contribution in [1.82, 2.24) is 4.31 Å². The molecule has 0 radical (unpaired) electrons. The maximum Gasteiger partial charge on any atom is 0.269 e. The maximum absolute atomic E-state index is 12.0. The van der Waals surface area contributed by atoms with Gasteiger partial charge in [-0.25, -0.2) is 12.7 Å². The summed E-state index contributed by atoms with van der Waals surface area (Å²) >= 11 is 5.32. The summed E-state index contributed by atoms with van der Waals surface area (Å²) in [7, 11) is -3.77. The van der Waals surface area contributed by atoms with E-state index >= 15 is 0 Å². The molecule has 0 atom stereocenters. The molecule has 1 aliphatic heterocycles. The Bertz CT molecular complexity index is 610. The van der Waals surface area contributed by atoms with Gasteiger partial charge in [-0.15, -0.1) is 0 Å². The molecule has 0 saturated heterocycles. The van der Waals surface area contributed by atoms with Crippen molar-refractivity contribution in [2.75, 3.05) is 12.3 Å². The fourth-order valence-corrected chi connectivity index (χ4v) is 3.20. The highest BCUT2D eigenvalue weighted by atomic mass is 35.5. The number of hydrogen-bond donors (Lipinski definition) is 1. The third-order valence-corrected chi connectivity index (χ3v) is 4.37. The van der Waals surface area contributed by atoms with Crippen LogP contribution in [0.2, 0.25) is 0 Å². The van der Waals surface area contributed by atoms with Crippen LogP contribution in [0, 0.1) is 0 Å². The van der Waals surface area contributed by atoms with Gasteiger partial charge in [0, 0.05) is 11.2 Å². The zero-order valence-electron chi connectivity index (χ0n) is 8.63. The standard InChI is InChI=1S/C10H9ClN2O3S/c11-4-1-5-13-10(14)8-6-7(12)2-3-9(8)17(13,15)16/h1-4,6H,5,12H2/b4-1+. The summed E-state index contributed by atoms with van der Waals surface area (Å²) in [4.78, 5) is 11.9. The first-order valence-corrected chi connectivity index (χ1v) is 6.58. The van der Waals surface area contributed by atoms with Crippen LogP contribution in [-0.2, 0) is 10.0 Å². The quantitative estimate of drug-likeness (QED) is 0.820. The van der Waals surface area contributed by atoms with Crippen LogP contribution in [0.5, 0.6) is 0 Å². The summed E-state index contributed by atoms with van der Waals surface area (Å²) in [5.74, 6) is -0.581. The Morgan fingerprint density at radius 2 is 2.12 bits per heavy atom. The summed E-state index contributed by atoms with van der Waals surface area (Å²) in [6.45, 7) is -0.0841. The van der Waals surface area contributed by atoms with E-state index in [9.17, 15) is 13.2 Å². The number of nitrogens with zero attached hydrogens (tertiary/aromatic N) is 1. The minimum atomic E-state index is -3.77. The molecule has 1 amide bonds. The van der Waals surface area contributed by atoms with Gasteiger partial charge in [-0.2, -0.15) is 0 Å². The number of carbonyl (C=O) groups excluding carboxylic acids is 1. The number of nitrogens with two attached hydrogens (primary N) is 1. The van der Waals surface area contributed by atoms with Crippen molar-refractivity contribution in [1.29, 1.82) is 0 Å². The lowest BCUT2D eigenvalue weighted by molar-refractivity contribution is 0.0880. The number of fused-ring (bicyclic) bond motifs is 1. The largest absolute Gasteiger partial charge is 0.399 e. The topological polar surface area (TPSA) is 80.5 Å². The zero-order chi connectivity index (χ0) is 12.6. The third kappa shape index (κ3) is 1.79. The number of anilines is 1. The van der Waals surface area contributed by atoms with E-state index in [4.69, 9.17) is 17.3 Å². The lowest BCUT2D eigenvalue weighted by Gasteiger charge is -2.11. The van der Waals surface area contributed by atoms with E-state index in [0.29, 0.717) is 5.69 Å². The molecule has 0 saturated carbocycles. The minimum Gasteiger partial charge on any atom is -0.399 e. The van der Waals surface area contributed by atoms with Crippen molar-refractivity contribution >= 4 is 33.2 Å². The SMILES string of the molecule is Nc1ccc2c(c1)C(=O)N(C/C=C/Cl)S2(=O)=O. The Kier molecular flexibility index (Phi) is 2.84. The molecule has 0 aliphatic carbocycles. The molecule has 1 aliphatic rings. The molecular weight excluding hydrogens is 264 g/mol. The van der Waals surface area contributed by atoms with Crippen molar-refractivity contribution in [3.8, 4) is 0 Å². The second-order valence-corrected chi connectivity index (χ2v) is 5.54. The fourth-order valence-electron chi connectivity index (χ4n) is 1.62. The highest BCUT2D eigenvalue weighted by Crippen LogP contribution is 2.31. The number of hydrogen-bond acceptors (Lipinski definition) is 4. The van der Waals surface area contributed by atoms with Crippen LogP contribution in [0.25, 0.3) is 0 Å². The monoisotopic (exact) mass is 272 g/mol. The van der Waals surface area contributed by atoms with Gasteiger partial charge in [0.25, 0.3) is 15.9 Å². The molecule has 0 spiro atoms. The Morgan fingerprint density at radius 1 is 1.41 bits per heavy atom. The van der Waals surface area contributed by atoms with Crippen LogP contribution in [0.1, 0.15) is 10.4 Å². The number of carbonyl (C=O) groups is 1. The third-order valence-electron chi connectivity index (χ3n) is 2.39. The summed E-state index contributed by atoms with van der Waals surface area (Å²) in [6.07, 6.45) is 1.38. The Morgan fingerprint density at radius 3 is 2.76 bits per heavy atom. The van der Waals surface area contributed by atoms with Crippen LogP contribution in [0.15, 0.2) is 34.7 Å². The molecular formula is C10H9ClN2O3S. The Labute approximate surface area is 104 Å². The summed E-state index contributed by atoms with van der Waals surface area (Å²) in [5, 5.41) is 0. The first-order valence-electron chi connectivity index (χ1n) is 4.70. The first-order chi connectivity index (χ1) is 7.98. The van der Waals surface area contributed by atoms with Crippen LogP contribution in [-0.4, -0.2) is 25.2 Å². The second kappa shape index (κ2) is 4.05. The van der Waals surface area contributed by atoms with Crippen LogP contribution >= 0.6 is 11.6 Å². The normalized spacial score (nSPS) is 17.7. The molecule has 17 heavy (non-hydrogen) atoms. The van der Waals surface area contributed by atoms with Crippen LogP contribution < -0.4 is 5.73 Å². The molecule has 0 bridgehead atoms. The lowest BCUT2D eigenvalue weighted by Crippen LogP contribution is -2.30. The van der Waals surface area contributed by atoms with E-state index in [1.807, 2.05) is 0 Å². The Balaban J connectivity index is 2.56. The molecule has 0 unspecified atom stereocenters. The van der Waals surface area contributed by atoms with Crippen molar-refractivity contribution in [3.63, 3.8) is 0 Å². The van der Waals surface area contributed by atoms with Crippen LogP contribution in [0.4, 0.5) is 5.69 Å². The van der Waals surface area contributed by atoms with E-state index in [1.54, 1.807) is 0 Å². The van der Waals surface area contributed by atoms with Gasteiger partial charge in [0.1, 0.15) is 4.90 Å². The summed E-state index contributed by atoms with van der Waals surface area (Å²) in [5.41, 5.74) is 7.15. The molecule has 5 nitrogen and oxygen atoms in total. The van der Waals surface area contributed by atoms with Gasteiger partial charge in [-0.1, -0.05) is 17.7 Å². The van der Waals surface area contributed by atoms with E-state index in [-0.39, 0.29) is 17.0 Å². The minimum absolute atomic E-state index is 0.0142. The number of nitrogen functional groups attached to an aromatic ring is 1. The number of rotatable bonds is 2. The lowest BCUT2D eigenvalue weighted by atomic mass is 10.2. The van der Waals surface area contributed by atoms with Crippen LogP contribution in [0.3, 0.4) is 0 Å². The van der Waals surface area contributed by atoms with Crippen molar-refractivity contribution in [2.45, 2.75) is 4.90 Å². The van der Waals surface area contributed by atoms with E-state index in [1.165, 1.54) is 29.8 Å². The number of amides is 1. The second-order valence-electron chi connectivity index (χ2n) is 3.46. The smallest absolute Gasteiger partial charge is 0.269 e. The molecule has 90 valence electrons. The van der Waals surface area contributed by atoms with Gasteiger partial charge in [0.05, 0.1) is 12.1 Å². The van der Waals surface area contributed by atoms with Crippen molar-refractivity contribution in [2.24, 2.45) is 0 Å². The molecule has 7 heteroatoms. The molecule has 1 aromatic carbocycles. The predicted molar refractivity (Wildman–Crippen MR) is 64.1 cm³/mol. The average Bonchev–Trinajstić information content (AvgIpc) is 2.45. The van der Waals surface area contributed by atoms with Gasteiger partial charge in [-0.05, 0) is 18.2 Å². The maximum atomic E-state index is 12.0. The number of benzene rings is 1. The highest BCUT2D eigenvalue weighted by molar-refractivity contribution is 7.90. The summed E-state index contributed by atoms with van der Waals surface area (Å²) in [6, 6.07) is 4.15. The number of sulfonamides is 1. The molecule has 2 rings (SSSR count). The Hall–Kier alpha value is -1.53. The van der Waals surface area contributed by atoms with E-state index < -0.39 is 15.9 Å². The molecule has 1 heterocycles. The van der Waals surface area contributed by atoms with E-state index in [0.717, 1.165) is 4.31 Å². The molecule has 1 aromatic rings. The molecule has 0 fully saturated rings. The van der Waals surface area contributed by atoms with Crippen molar-refractivity contribution in [3.05, 3.63) is 35.4 Å². The first kappa shape index (κ1) is 11.9. The fraction of sp³-hybridized carbons (Fsp3) is 0.100. The average molecular weight is 273 g/mol. The van der Waals surface area contributed by atoms with Gasteiger partial charge in [-0.3, -0.25) is 4.79 Å². The van der Waals surface area contributed by atoms with E-state index in [2.05, 4.69) is 0 Å². The zero-order valence-corrected chi connectivity index (χ0v) is 10.2. The van der Waals surface area contributed by atoms with Gasteiger partial charge < -0.3 is 5.73 Å².